The lowest BCUT2D eigenvalue weighted by atomic mass is 10.2. The molecule has 0 saturated carbocycles. The van der Waals surface area contributed by atoms with Gasteiger partial charge in [-0.25, -0.2) is 4.98 Å². The van der Waals surface area contributed by atoms with Crippen molar-refractivity contribution in [1.82, 2.24) is 14.5 Å². The van der Waals surface area contributed by atoms with Crippen molar-refractivity contribution in [3.8, 4) is 11.5 Å². The number of likely N-dealkylation sites (tertiary alicyclic amines) is 1. The zero-order chi connectivity index (χ0) is 16.5. The summed E-state index contributed by atoms with van der Waals surface area (Å²) in [6.45, 7) is 2.18. The highest BCUT2D eigenvalue weighted by Crippen LogP contribution is 2.31. The van der Waals surface area contributed by atoms with Crippen LogP contribution in [0.1, 0.15) is 6.42 Å². The number of likely N-dealkylation sites (N-methyl/N-ethyl adjacent to an activating group) is 1. The van der Waals surface area contributed by atoms with Crippen molar-refractivity contribution in [3.05, 3.63) is 48.8 Å². The van der Waals surface area contributed by atoms with E-state index in [1.807, 2.05) is 37.5 Å². The number of hydrogen-bond donors (Lipinski definition) is 1. The molecule has 5 heteroatoms. The maximum Gasteiger partial charge on any atom is 0.151 e. The molecule has 0 radical (unpaired) electrons. The van der Waals surface area contributed by atoms with Gasteiger partial charge in [-0.2, -0.15) is 0 Å². The van der Waals surface area contributed by atoms with Gasteiger partial charge in [0.25, 0.3) is 0 Å². The molecule has 1 aliphatic rings. The Morgan fingerprint density at radius 3 is 2.96 bits per heavy atom. The molecule has 124 valence electrons. The number of rotatable bonds is 4. The molecule has 0 aliphatic carbocycles. The van der Waals surface area contributed by atoms with Gasteiger partial charge in [0.05, 0.1) is 5.52 Å². The van der Waals surface area contributed by atoms with Crippen LogP contribution in [-0.2, 0) is 7.05 Å². The van der Waals surface area contributed by atoms with Crippen LogP contribution in [-0.4, -0.2) is 40.6 Å². The topological polar surface area (TPSA) is 42.3 Å². The molecule has 24 heavy (non-hydrogen) atoms. The van der Waals surface area contributed by atoms with E-state index in [0.717, 1.165) is 42.3 Å². The number of hydrogen-bond acceptors (Lipinski definition) is 4. The molecule has 3 aromatic rings. The maximum atomic E-state index is 6.15. The maximum absolute atomic E-state index is 6.15. The van der Waals surface area contributed by atoms with Crippen molar-refractivity contribution in [3.63, 3.8) is 0 Å². The first kappa shape index (κ1) is 15.0. The van der Waals surface area contributed by atoms with Crippen LogP contribution in [0.2, 0.25) is 0 Å². The summed E-state index contributed by atoms with van der Waals surface area (Å²) in [5, 5.41) is 4.68. The lowest BCUT2D eigenvalue weighted by Gasteiger charge is -2.14. The van der Waals surface area contributed by atoms with E-state index in [1.165, 1.54) is 5.39 Å². The molecular weight excluding hydrogens is 300 g/mol. The van der Waals surface area contributed by atoms with Crippen molar-refractivity contribution in [2.75, 3.05) is 25.5 Å². The average molecular weight is 322 g/mol. The van der Waals surface area contributed by atoms with Crippen molar-refractivity contribution in [2.45, 2.75) is 12.5 Å². The van der Waals surface area contributed by atoms with Crippen LogP contribution in [0, 0.1) is 0 Å². The minimum Gasteiger partial charge on any atom is -0.455 e. The van der Waals surface area contributed by atoms with Crippen LogP contribution in [0.25, 0.3) is 10.9 Å². The quantitative estimate of drug-likeness (QED) is 0.798. The number of nitrogens with zero attached hydrogens (tertiary/aromatic N) is 3. The Hall–Kier alpha value is -2.53. The minimum atomic E-state index is 0.453. The summed E-state index contributed by atoms with van der Waals surface area (Å²) >= 11 is 0. The van der Waals surface area contributed by atoms with Crippen LogP contribution in [0.5, 0.6) is 11.5 Å². The number of aromatic nitrogens is 2. The van der Waals surface area contributed by atoms with Gasteiger partial charge in [0.1, 0.15) is 11.6 Å². The molecule has 1 fully saturated rings. The van der Waals surface area contributed by atoms with Gasteiger partial charge in [0, 0.05) is 43.5 Å². The lowest BCUT2D eigenvalue weighted by Crippen LogP contribution is -2.23. The third-order valence-electron chi connectivity index (χ3n) is 4.56. The first-order valence-corrected chi connectivity index (χ1v) is 8.32. The predicted molar refractivity (Wildman–Crippen MR) is 96.8 cm³/mol. The van der Waals surface area contributed by atoms with E-state index in [9.17, 15) is 0 Å². The number of pyridine rings is 1. The van der Waals surface area contributed by atoms with Gasteiger partial charge in [-0.05, 0) is 38.2 Å². The number of ether oxygens (including phenoxy) is 1. The number of nitrogens with one attached hydrogen (secondary N) is 1. The Morgan fingerprint density at radius 1 is 1.21 bits per heavy atom. The normalized spacial score (nSPS) is 18.2. The van der Waals surface area contributed by atoms with E-state index in [-0.39, 0.29) is 0 Å². The predicted octanol–water partition coefficient (Wildman–Crippen LogP) is 3.48. The molecule has 5 nitrogen and oxygen atoms in total. The number of benzene rings is 1. The fourth-order valence-corrected chi connectivity index (χ4v) is 3.34. The second-order valence-electron chi connectivity index (χ2n) is 6.49. The molecule has 1 unspecified atom stereocenters. The van der Waals surface area contributed by atoms with Crippen molar-refractivity contribution in [2.24, 2.45) is 7.05 Å². The van der Waals surface area contributed by atoms with Gasteiger partial charge in [0.15, 0.2) is 5.75 Å². The van der Waals surface area contributed by atoms with Crippen LogP contribution in [0.15, 0.2) is 48.8 Å². The second kappa shape index (κ2) is 6.17. The highest BCUT2D eigenvalue weighted by molar-refractivity contribution is 5.86. The summed E-state index contributed by atoms with van der Waals surface area (Å²) < 4.78 is 8.23. The van der Waals surface area contributed by atoms with Gasteiger partial charge in [0.2, 0.25) is 0 Å². The summed E-state index contributed by atoms with van der Waals surface area (Å²) in [6, 6.07) is 12.5. The molecule has 1 N–H and O–H groups in total. The third kappa shape index (κ3) is 2.95. The van der Waals surface area contributed by atoms with Gasteiger partial charge in [-0.3, -0.25) is 0 Å². The van der Waals surface area contributed by atoms with E-state index in [2.05, 4.69) is 38.9 Å². The fraction of sp³-hybridized carbons (Fsp3) is 0.316. The summed E-state index contributed by atoms with van der Waals surface area (Å²) in [5.41, 5.74) is 1.10. The second-order valence-corrected chi connectivity index (χ2v) is 6.49. The molecule has 1 aromatic carbocycles. The first-order chi connectivity index (χ1) is 11.7. The average Bonchev–Trinajstić information content (AvgIpc) is 3.15. The Kier molecular flexibility index (Phi) is 3.86. The van der Waals surface area contributed by atoms with Crippen molar-refractivity contribution >= 4 is 16.7 Å². The van der Waals surface area contributed by atoms with Crippen LogP contribution >= 0.6 is 0 Å². The number of anilines is 1. The van der Waals surface area contributed by atoms with Crippen LogP contribution < -0.4 is 10.1 Å². The molecular formula is C19H22N4O. The van der Waals surface area contributed by atoms with Gasteiger partial charge >= 0.3 is 0 Å². The number of aryl methyl sites for hydroxylation is 1. The molecule has 1 aliphatic heterocycles. The Morgan fingerprint density at radius 2 is 2.12 bits per heavy atom. The highest BCUT2D eigenvalue weighted by atomic mass is 16.5. The monoisotopic (exact) mass is 322 g/mol. The van der Waals surface area contributed by atoms with E-state index < -0.39 is 0 Å². The zero-order valence-electron chi connectivity index (χ0n) is 14.1. The molecule has 0 spiro atoms. The number of fused-ring (bicyclic) bond motifs is 1. The SMILES string of the molecule is CN1CCC(Nc2cc(Oc3cccc4ccn(C)c34)ccn2)C1. The summed E-state index contributed by atoms with van der Waals surface area (Å²) in [5.74, 6) is 2.53. The Bertz CT molecular complexity index is 857. The summed E-state index contributed by atoms with van der Waals surface area (Å²) in [7, 11) is 4.18. The first-order valence-electron chi connectivity index (χ1n) is 8.32. The molecule has 1 atom stereocenters. The molecule has 4 rings (SSSR count). The van der Waals surface area contributed by atoms with Gasteiger partial charge in [-0.1, -0.05) is 12.1 Å². The molecule has 1 saturated heterocycles. The molecule has 3 heterocycles. The van der Waals surface area contributed by atoms with E-state index in [4.69, 9.17) is 4.74 Å². The van der Waals surface area contributed by atoms with Gasteiger partial charge < -0.3 is 19.5 Å². The zero-order valence-corrected chi connectivity index (χ0v) is 14.1. The molecule has 0 bridgehead atoms. The molecule has 0 amide bonds. The smallest absolute Gasteiger partial charge is 0.151 e. The lowest BCUT2D eigenvalue weighted by molar-refractivity contribution is 0.414. The van der Waals surface area contributed by atoms with Gasteiger partial charge in [-0.15, -0.1) is 0 Å². The summed E-state index contributed by atoms with van der Waals surface area (Å²) in [4.78, 5) is 6.75. The Labute approximate surface area is 141 Å². The van der Waals surface area contributed by atoms with Crippen molar-refractivity contribution in [1.29, 1.82) is 0 Å². The van der Waals surface area contributed by atoms with E-state index >= 15 is 0 Å². The van der Waals surface area contributed by atoms with E-state index in [0.29, 0.717) is 6.04 Å². The molecule has 2 aromatic heterocycles. The van der Waals surface area contributed by atoms with Crippen LogP contribution in [0.4, 0.5) is 5.82 Å². The Balaban J connectivity index is 1.56. The standard InChI is InChI=1S/C19H22N4O/c1-22-10-8-15(13-22)21-18-12-16(6-9-20-18)24-17-5-3-4-14-7-11-23(2)19(14)17/h3-7,9,11-12,15H,8,10,13H2,1-2H3,(H,20,21). The fourth-order valence-electron chi connectivity index (χ4n) is 3.34. The number of para-hydroxylation sites is 1. The van der Waals surface area contributed by atoms with Crippen LogP contribution in [0.3, 0.4) is 0 Å². The van der Waals surface area contributed by atoms with Crippen molar-refractivity contribution < 1.29 is 4.74 Å². The largest absolute Gasteiger partial charge is 0.455 e. The third-order valence-corrected chi connectivity index (χ3v) is 4.56. The van der Waals surface area contributed by atoms with E-state index in [1.54, 1.807) is 6.20 Å². The highest BCUT2D eigenvalue weighted by Gasteiger charge is 2.19. The minimum absolute atomic E-state index is 0.453. The summed E-state index contributed by atoms with van der Waals surface area (Å²) in [6.07, 6.45) is 4.99.